The first kappa shape index (κ1) is 23.2. The molecule has 6 nitrogen and oxygen atoms in total. The van der Waals surface area contributed by atoms with E-state index in [-0.39, 0.29) is 6.61 Å². The highest BCUT2D eigenvalue weighted by Gasteiger charge is 2.13. The molecule has 1 amide bonds. The van der Waals surface area contributed by atoms with E-state index in [4.69, 9.17) is 9.47 Å². The maximum atomic E-state index is 12.5. The number of esters is 1. The fourth-order valence-electron chi connectivity index (χ4n) is 2.85. The molecule has 0 aliphatic rings. The van der Waals surface area contributed by atoms with Gasteiger partial charge in [0.15, 0.2) is 6.61 Å². The van der Waals surface area contributed by atoms with Crippen molar-refractivity contribution in [1.82, 2.24) is 5.43 Å². The highest BCUT2D eigenvalue weighted by atomic mass is 79.9. The van der Waals surface area contributed by atoms with Crippen LogP contribution in [0.4, 0.5) is 0 Å². The van der Waals surface area contributed by atoms with Crippen LogP contribution in [0.1, 0.15) is 34.0 Å². The molecule has 164 valence electrons. The second kappa shape index (κ2) is 11.2. The minimum Gasteiger partial charge on any atom is -0.484 e. The van der Waals surface area contributed by atoms with Crippen molar-refractivity contribution in [3.8, 4) is 11.5 Å². The second-order valence-electron chi connectivity index (χ2n) is 6.97. The van der Waals surface area contributed by atoms with Crippen molar-refractivity contribution in [2.24, 2.45) is 5.10 Å². The molecule has 1 N–H and O–H groups in total. The Balaban J connectivity index is 1.61. The Hall–Kier alpha value is -3.45. The van der Waals surface area contributed by atoms with Crippen molar-refractivity contribution in [2.75, 3.05) is 6.61 Å². The number of benzene rings is 3. The standard InChI is InChI=1S/C25H23BrN2O4/c1-3-18-8-11-21(12-9-18)31-16-24(29)28-27-15-19-14-20(26)10-13-23(19)32-25(30)22-7-5-4-6-17(22)2/h4-15H,3,16H2,1-2H3,(H,28,29). The molecular weight excluding hydrogens is 472 g/mol. The lowest BCUT2D eigenvalue weighted by atomic mass is 10.1. The van der Waals surface area contributed by atoms with Gasteiger partial charge in [-0.25, -0.2) is 10.2 Å². The minimum atomic E-state index is -0.466. The van der Waals surface area contributed by atoms with E-state index in [1.807, 2.05) is 43.3 Å². The van der Waals surface area contributed by atoms with E-state index in [2.05, 4.69) is 33.4 Å². The Kier molecular flexibility index (Phi) is 8.16. The summed E-state index contributed by atoms with van der Waals surface area (Å²) in [5, 5.41) is 3.96. The van der Waals surface area contributed by atoms with Crippen LogP contribution in [0, 0.1) is 6.92 Å². The van der Waals surface area contributed by atoms with Gasteiger partial charge in [0.05, 0.1) is 11.8 Å². The van der Waals surface area contributed by atoms with Crippen LogP contribution in [0.5, 0.6) is 11.5 Å². The zero-order valence-corrected chi connectivity index (χ0v) is 19.4. The van der Waals surface area contributed by atoms with Gasteiger partial charge in [0.1, 0.15) is 11.5 Å². The maximum Gasteiger partial charge on any atom is 0.343 e. The Labute approximate surface area is 195 Å². The smallest absolute Gasteiger partial charge is 0.343 e. The summed E-state index contributed by atoms with van der Waals surface area (Å²) in [5.41, 5.74) is 5.44. The van der Waals surface area contributed by atoms with Crippen LogP contribution < -0.4 is 14.9 Å². The SMILES string of the molecule is CCc1ccc(OCC(=O)NN=Cc2cc(Br)ccc2OC(=O)c2ccccc2C)cc1. The molecule has 0 radical (unpaired) electrons. The van der Waals surface area contributed by atoms with Crippen molar-refractivity contribution < 1.29 is 19.1 Å². The van der Waals surface area contributed by atoms with Gasteiger partial charge in [-0.1, -0.05) is 53.2 Å². The number of hydrazone groups is 1. The monoisotopic (exact) mass is 494 g/mol. The van der Waals surface area contributed by atoms with Gasteiger partial charge in [0.25, 0.3) is 5.91 Å². The van der Waals surface area contributed by atoms with E-state index in [1.54, 1.807) is 30.3 Å². The Morgan fingerprint density at radius 1 is 1.06 bits per heavy atom. The van der Waals surface area contributed by atoms with Gasteiger partial charge in [-0.2, -0.15) is 5.10 Å². The van der Waals surface area contributed by atoms with Gasteiger partial charge in [-0.15, -0.1) is 0 Å². The van der Waals surface area contributed by atoms with E-state index in [1.165, 1.54) is 11.8 Å². The summed E-state index contributed by atoms with van der Waals surface area (Å²) in [7, 11) is 0. The molecule has 0 unspecified atom stereocenters. The zero-order valence-electron chi connectivity index (χ0n) is 17.8. The summed E-state index contributed by atoms with van der Waals surface area (Å²) in [5.74, 6) is 0.0614. The van der Waals surface area contributed by atoms with Crippen LogP contribution in [0.25, 0.3) is 0 Å². The second-order valence-corrected chi connectivity index (χ2v) is 7.88. The summed E-state index contributed by atoms with van der Waals surface area (Å²) >= 11 is 3.39. The van der Waals surface area contributed by atoms with E-state index < -0.39 is 11.9 Å². The first-order valence-corrected chi connectivity index (χ1v) is 10.9. The number of ether oxygens (including phenoxy) is 2. The molecule has 0 saturated heterocycles. The Bertz CT molecular complexity index is 1130. The molecule has 3 rings (SSSR count). The predicted octanol–water partition coefficient (Wildman–Crippen LogP) is 5.07. The van der Waals surface area contributed by atoms with E-state index in [9.17, 15) is 9.59 Å². The molecule has 32 heavy (non-hydrogen) atoms. The van der Waals surface area contributed by atoms with Gasteiger partial charge >= 0.3 is 5.97 Å². The number of nitrogens with one attached hydrogen (secondary N) is 1. The number of hydrogen-bond donors (Lipinski definition) is 1. The molecule has 0 aliphatic heterocycles. The van der Waals surface area contributed by atoms with Gasteiger partial charge in [0.2, 0.25) is 0 Å². The Morgan fingerprint density at radius 3 is 2.53 bits per heavy atom. The molecule has 3 aromatic rings. The van der Waals surface area contributed by atoms with Crippen molar-refractivity contribution in [2.45, 2.75) is 20.3 Å². The van der Waals surface area contributed by atoms with Crippen LogP contribution in [0.15, 0.2) is 76.3 Å². The molecule has 7 heteroatoms. The molecule has 0 heterocycles. The summed E-state index contributed by atoms with van der Waals surface area (Å²) < 4.78 is 11.8. The van der Waals surface area contributed by atoms with E-state index >= 15 is 0 Å². The van der Waals surface area contributed by atoms with Crippen molar-refractivity contribution in [3.63, 3.8) is 0 Å². The molecule has 0 aromatic heterocycles. The Morgan fingerprint density at radius 2 is 1.81 bits per heavy atom. The fraction of sp³-hybridized carbons (Fsp3) is 0.160. The average Bonchev–Trinajstić information content (AvgIpc) is 2.80. The third-order valence-electron chi connectivity index (χ3n) is 4.63. The largest absolute Gasteiger partial charge is 0.484 e. The maximum absolute atomic E-state index is 12.5. The molecule has 0 atom stereocenters. The zero-order chi connectivity index (χ0) is 22.9. The van der Waals surface area contributed by atoms with Crippen molar-refractivity contribution in [3.05, 3.63) is 93.5 Å². The number of carbonyl (C=O) groups excluding carboxylic acids is 2. The predicted molar refractivity (Wildman–Crippen MR) is 127 cm³/mol. The van der Waals surface area contributed by atoms with Gasteiger partial charge in [0, 0.05) is 10.0 Å². The molecule has 3 aromatic carbocycles. The van der Waals surface area contributed by atoms with Crippen LogP contribution >= 0.6 is 15.9 Å². The summed E-state index contributed by atoms with van der Waals surface area (Å²) in [6, 6.07) is 19.9. The minimum absolute atomic E-state index is 0.170. The highest BCUT2D eigenvalue weighted by molar-refractivity contribution is 9.10. The first-order chi connectivity index (χ1) is 15.5. The summed E-state index contributed by atoms with van der Waals surface area (Å²) in [6.07, 6.45) is 2.35. The average molecular weight is 495 g/mol. The molecular formula is C25H23BrN2O4. The topological polar surface area (TPSA) is 77.0 Å². The number of carbonyl (C=O) groups is 2. The number of amides is 1. The lowest BCUT2D eigenvalue weighted by Gasteiger charge is -2.09. The lowest BCUT2D eigenvalue weighted by molar-refractivity contribution is -0.123. The number of aryl methyl sites for hydroxylation is 2. The molecule has 0 fully saturated rings. The number of rotatable bonds is 8. The van der Waals surface area contributed by atoms with E-state index in [0.29, 0.717) is 22.6 Å². The number of hydrogen-bond acceptors (Lipinski definition) is 5. The normalized spacial score (nSPS) is 10.7. The quantitative estimate of drug-likeness (QED) is 0.205. The lowest BCUT2D eigenvalue weighted by Crippen LogP contribution is -2.24. The van der Waals surface area contributed by atoms with Gasteiger partial charge < -0.3 is 9.47 Å². The van der Waals surface area contributed by atoms with Crippen LogP contribution in [0.3, 0.4) is 0 Å². The molecule has 0 saturated carbocycles. The van der Waals surface area contributed by atoms with E-state index in [0.717, 1.165) is 16.5 Å². The number of halogens is 1. The first-order valence-electron chi connectivity index (χ1n) is 10.1. The van der Waals surface area contributed by atoms with Crippen LogP contribution in [0.2, 0.25) is 0 Å². The third kappa shape index (κ3) is 6.52. The highest BCUT2D eigenvalue weighted by Crippen LogP contribution is 2.23. The molecule has 0 aliphatic carbocycles. The van der Waals surface area contributed by atoms with Crippen LogP contribution in [-0.4, -0.2) is 24.7 Å². The number of nitrogens with zero attached hydrogens (tertiary/aromatic N) is 1. The summed E-state index contributed by atoms with van der Waals surface area (Å²) in [4.78, 5) is 24.6. The van der Waals surface area contributed by atoms with Gasteiger partial charge in [-0.05, 0) is 60.9 Å². The third-order valence-corrected chi connectivity index (χ3v) is 5.13. The fourth-order valence-corrected chi connectivity index (χ4v) is 3.23. The molecule has 0 spiro atoms. The van der Waals surface area contributed by atoms with Crippen molar-refractivity contribution >= 4 is 34.0 Å². The molecule has 0 bridgehead atoms. The van der Waals surface area contributed by atoms with Crippen molar-refractivity contribution in [1.29, 1.82) is 0 Å². The van der Waals surface area contributed by atoms with Crippen LogP contribution in [-0.2, 0) is 11.2 Å². The van der Waals surface area contributed by atoms with Gasteiger partial charge in [-0.3, -0.25) is 4.79 Å². The summed E-state index contributed by atoms with van der Waals surface area (Å²) in [6.45, 7) is 3.74.